The topological polar surface area (TPSA) is 24.5 Å². The highest BCUT2D eigenvalue weighted by molar-refractivity contribution is 6.36. The quantitative estimate of drug-likeness (QED) is 0.898. The lowest BCUT2D eigenvalue weighted by Gasteiger charge is -2.30. The monoisotopic (exact) mass is 254 g/mol. The summed E-state index contributed by atoms with van der Waals surface area (Å²) in [7, 11) is 0. The van der Waals surface area contributed by atoms with E-state index in [4.69, 9.17) is 16.3 Å². The Balaban J connectivity index is 2.21. The highest BCUT2D eigenvalue weighted by atomic mass is 35.5. The molecule has 1 heterocycles. The number of nitrogens with zero attached hydrogens (tertiary/aromatic N) is 1. The van der Waals surface area contributed by atoms with Crippen molar-refractivity contribution in [1.82, 2.24) is 0 Å². The molecule has 2 rings (SSSR count). The van der Waals surface area contributed by atoms with Gasteiger partial charge in [0.2, 0.25) is 0 Å². The Bertz CT molecular complexity index is 376. The van der Waals surface area contributed by atoms with E-state index < -0.39 is 0 Å². The van der Waals surface area contributed by atoms with Gasteiger partial charge in [-0.3, -0.25) is 0 Å². The van der Waals surface area contributed by atoms with E-state index in [2.05, 4.69) is 30.1 Å². The molecule has 0 aliphatic carbocycles. The Hall–Kier alpha value is -0.930. The lowest BCUT2D eigenvalue weighted by molar-refractivity contribution is 0.122. The molecule has 3 nitrogen and oxygen atoms in total. The number of nitrogens with one attached hydrogen (secondary N) is 1. The Morgan fingerprint density at radius 2 is 2.00 bits per heavy atom. The second kappa shape index (κ2) is 5.61. The van der Waals surface area contributed by atoms with Crippen LogP contribution in [0.3, 0.4) is 0 Å². The lowest BCUT2D eigenvalue weighted by atomic mass is 10.2. The molecule has 1 aromatic rings. The molecule has 1 saturated heterocycles. The molecule has 0 atom stereocenters. The summed E-state index contributed by atoms with van der Waals surface area (Å²) in [4.78, 5) is 2.28. The van der Waals surface area contributed by atoms with Gasteiger partial charge in [0.1, 0.15) is 0 Å². The summed E-state index contributed by atoms with van der Waals surface area (Å²) in [6.45, 7) is 7.58. The molecule has 0 bridgehead atoms. The standard InChI is InChI=1S/C13H19ClN2O/c1-10(2)15-11-4-3-5-12(13(11)14)16-6-8-17-9-7-16/h3-5,10,15H,6-9H2,1-2H3. The Labute approximate surface area is 108 Å². The second-order valence-electron chi connectivity index (χ2n) is 4.54. The zero-order valence-electron chi connectivity index (χ0n) is 10.4. The minimum Gasteiger partial charge on any atom is -0.382 e. The molecule has 1 aliphatic heterocycles. The summed E-state index contributed by atoms with van der Waals surface area (Å²) in [6.07, 6.45) is 0. The molecule has 1 aromatic carbocycles. The van der Waals surface area contributed by atoms with Crippen LogP contribution >= 0.6 is 11.6 Å². The third-order valence-corrected chi connectivity index (χ3v) is 3.17. The van der Waals surface area contributed by atoms with Crippen LogP contribution in [0.25, 0.3) is 0 Å². The first-order chi connectivity index (χ1) is 8.18. The number of hydrogen-bond acceptors (Lipinski definition) is 3. The maximum absolute atomic E-state index is 6.44. The van der Waals surface area contributed by atoms with Gasteiger partial charge in [0.25, 0.3) is 0 Å². The van der Waals surface area contributed by atoms with Gasteiger partial charge in [-0.05, 0) is 26.0 Å². The summed E-state index contributed by atoms with van der Waals surface area (Å²) in [5.74, 6) is 0. The van der Waals surface area contributed by atoms with Crippen LogP contribution in [0.5, 0.6) is 0 Å². The van der Waals surface area contributed by atoms with Crippen LogP contribution in [-0.2, 0) is 4.74 Å². The van der Waals surface area contributed by atoms with Gasteiger partial charge in [0.15, 0.2) is 0 Å². The van der Waals surface area contributed by atoms with Crippen molar-refractivity contribution in [3.05, 3.63) is 23.2 Å². The molecule has 94 valence electrons. The molecule has 1 N–H and O–H groups in total. The van der Waals surface area contributed by atoms with E-state index in [1.165, 1.54) is 0 Å². The number of ether oxygens (including phenoxy) is 1. The molecule has 0 saturated carbocycles. The average molecular weight is 255 g/mol. The van der Waals surface area contributed by atoms with E-state index in [9.17, 15) is 0 Å². The van der Waals surface area contributed by atoms with Gasteiger partial charge in [-0.25, -0.2) is 0 Å². The number of rotatable bonds is 3. The Morgan fingerprint density at radius 3 is 2.65 bits per heavy atom. The van der Waals surface area contributed by atoms with Gasteiger partial charge in [0, 0.05) is 19.1 Å². The number of halogens is 1. The third-order valence-electron chi connectivity index (χ3n) is 2.77. The Kier molecular flexibility index (Phi) is 4.13. The first-order valence-corrected chi connectivity index (χ1v) is 6.44. The minimum atomic E-state index is 0.382. The number of hydrogen-bond donors (Lipinski definition) is 1. The van der Waals surface area contributed by atoms with Crippen molar-refractivity contribution in [3.8, 4) is 0 Å². The van der Waals surface area contributed by atoms with Crippen molar-refractivity contribution in [2.45, 2.75) is 19.9 Å². The second-order valence-corrected chi connectivity index (χ2v) is 4.92. The van der Waals surface area contributed by atoms with E-state index in [0.717, 1.165) is 42.7 Å². The Morgan fingerprint density at radius 1 is 1.29 bits per heavy atom. The maximum atomic E-state index is 6.44. The van der Waals surface area contributed by atoms with Crippen LogP contribution in [0, 0.1) is 0 Å². The van der Waals surface area contributed by atoms with Crippen molar-refractivity contribution in [3.63, 3.8) is 0 Å². The first kappa shape index (κ1) is 12.5. The molecule has 0 spiro atoms. The summed E-state index contributed by atoms with van der Waals surface area (Å²) in [6, 6.07) is 6.51. The van der Waals surface area contributed by atoms with E-state index in [1.54, 1.807) is 0 Å². The molecule has 1 aliphatic rings. The normalized spacial score (nSPS) is 16.4. The number of anilines is 2. The molecule has 0 aromatic heterocycles. The smallest absolute Gasteiger partial charge is 0.0870 e. The average Bonchev–Trinajstić information content (AvgIpc) is 2.32. The fraction of sp³-hybridized carbons (Fsp3) is 0.538. The summed E-state index contributed by atoms with van der Waals surface area (Å²) < 4.78 is 5.36. The molecular weight excluding hydrogens is 236 g/mol. The van der Waals surface area contributed by atoms with Crippen LogP contribution < -0.4 is 10.2 Å². The van der Waals surface area contributed by atoms with Gasteiger partial charge in [-0.1, -0.05) is 17.7 Å². The lowest BCUT2D eigenvalue weighted by Crippen LogP contribution is -2.36. The zero-order chi connectivity index (χ0) is 12.3. The fourth-order valence-electron chi connectivity index (χ4n) is 1.99. The van der Waals surface area contributed by atoms with Crippen molar-refractivity contribution in [1.29, 1.82) is 0 Å². The summed E-state index contributed by atoms with van der Waals surface area (Å²) >= 11 is 6.44. The largest absolute Gasteiger partial charge is 0.382 e. The summed E-state index contributed by atoms with van der Waals surface area (Å²) in [5, 5.41) is 4.17. The summed E-state index contributed by atoms with van der Waals surface area (Å²) in [5.41, 5.74) is 2.10. The zero-order valence-corrected chi connectivity index (χ0v) is 11.1. The van der Waals surface area contributed by atoms with Crippen LogP contribution in [0.15, 0.2) is 18.2 Å². The fourth-order valence-corrected chi connectivity index (χ4v) is 2.29. The predicted octanol–water partition coefficient (Wildman–Crippen LogP) is 3.00. The molecule has 4 heteroatoms. The molecule has 17 heavy (non-hydrogen) atoms. The van der Waals surface area contributed by atoms with Crippen molar-refractivity contribution in [2.24, 2.45) is 0 Å². The van der Waals surface area contributed by atoms with Crippen LogP contribution in [-0.4, -0.2) is 32.3 Å². The first-order valence-electron chi connectivity index (χ1n) is 6.06. The third kappa shape index (κ3) is 3.05. The van der Waals surface area contributed by atoms with Gasteiger partial charge < -0.3 is 15.0 Å². The van der Waals surface area contributed by atoms with E-state index in [1.807, 2.05) is 12.1 Å². The predicted molar refractivity (Wildman–Crippen MR) is 73.2 cm³/mol. The van der Waals surface area contributed by atoms with Gasteiger partial charge in [-0.2, -0.15) is 0 Å². The van der Waals surface area contributed by atoms with Crippen molar-refractivity contribution < 1.29 is 4.74 Å². The highest BCUT2D eigenvalue weighted by Crippen LogP contribution is 2.33. The highest BCUT2D eigenvalue weighted by Gasteiger charge is 2.16. The van der Waals surface area contributed by atoms with Gasteiger partial charge in [0.05, 0.1) is 29.6 Å². The maximum Gasteiger partial charge on any atom is 0.0870 e. The van der Waals surface area contributed by atoms with E-state index in [-0.39, 0.29) is 0 Å². The number of morpholine rings is 1. The van der Waals surface area contributed by atoms with Crippen molar-refractivity contribution >= 4 is 23.0 Å². The van der Waals surface area contributed by atoms with Crippen LogP contribution in [0.4, 0.5) is 11.4 Å². The molecule has 0 radical (unpaired) electrons. The molecular formula is C13H19ClN2O. The van der Waals surface area contributed by atoms with Crippen LogP contribution in [0.2, 0.25) is 5.02 Å². The SMILES string of the molecule is CC(C)Nc1cccc(N2CCOCC2)c1Cl. The van der Waals surface area contributed by atoms with Gasteiger partial charge in [-0.15, -0.1) is 0 Å². The van der Waals surface area contributed by atoms with Crippen LogP contribution in [0.1, 0.15) is 13.8 Å². The molecule has 0 unspecified atom stereocenters. The van der Waals surface area contributed by atoms with Crippen molar-refractivity contribution in [2.75, 3.05) is 36.5 Å². The van der Waals surface area contributed by atoms with E-state index in [0.29, 0.717) is 6.04 Å². The number of benzene rings is 1. The minimum absolute atomic E-state index is 0.382. The molecule has 1 fully saturated rings. The molecule has 0 amide bonds. The van der Waals surface area contributed by atoms with E-state index >= 15 is 0 Å². The van der Waals surface area contributed by atoms with Gasteiger partial charge >= 0.3 is 0 Å².